The number of hydrogen-bond donors (Lipinski definition) is 1. The number of benzene rings is 1. The van der Waals surface area contributed by atoms with E-state index in [4.69, 9.17) is 18.6 Å². The molecule has 1 aromatic carbocycles. The molecule has 1 aromatic heterocycles. The van der Waals surface area contributed by atoms with Gasteiger partial charge in [0.2, 0.25) is 5.75 Å². The molecule has 1 heterocycles. The Bertz CT molecular complexity index is 589. The molecule has 0 radical (unpaired) electrons. The quantitative estimate of drug-likeness (QED) is 0.881. The maximum Gasteiger partial charge on any atom is 0.204 e. The zero-order valence-corrected chi connectivity index (χ0v) is 12.6. The maximum atomic E-state index is 5.82. The van der Waals surface area contributed by atoms with Crippen LogP contribution in [0.1, 0.15) is 19.6 Å². The van der Waals surface area contributed by atoms with E-state index >= 15 is 0 Å². The topological polar surface area (TPSA) is 52.9 Å². The van der Waals surface area contributed by atoms with Gasteiger partial charge in [0, 0.05) is 12.1 Å². The molecular formula is C15H21NO4. The molecule has 0 aliphatic heterocycles. The van der Waals surface area contributed by atoms with Gasteiger partial charge in [0.1, 0.15) is 11.3 Å². The Morgan fingerprint density at radius 2 is 1.75 bits per heavy atom. The molecule has 0 aliphatic carbocycles. The van der Waals surface area contributed by atoms with E-state index < -0.39 is 0 Å². The summed E-state index contributed by atoms with van der Waals surface area (Å²) in [7, 11) is 4.79. The van der Waals surface area contributed by atoms with Gasteiger partial charge in [-0.25, -0.2) is 0 Å². The van der Waals surface area contributed by atoms with Crippen LogP contribution in [0.2, 0.25) is 0 Å². The summed E-state index contributed by atoms with van der Waals surface area (Å²) in [4.78, 5) is 0. The Morgan fingerprint density at radius 1 is 1.05 bits per heavy atom. The Labute approximate surface area is 118 Å². The monoisotopic (exact) mass is 279 g/mol. The fourth-order valence-electron chi connectivity index (χ4n) is 2.10. The second kappa shape index (κ2) is 6.05. The van der Waals surface area contributed by atoms with Crippen LogP contribution in [0.4, 0.5) is 0 Å². The summed E-state index contributed by atoms with van der Waals surface area (Å²) in [5.74, 6) is 2.64. The fourth-order valence-corrected chi connectivity index (χ4v) is 2.10. The molecule has 2 aromatic rings. The maximum absolute atomic E-state index is 5.82. The van der Waals surface area contributed by atoms with Crippen molar-refractivity contribution in [3.8, 4) is 17.2 Å². The summed E-state index contributed by atoms with van der Waals surface area (Å²) >= 11 is 0. The summed E-state index contributed by atoms with van der Waals surface area (Å²) in [6.07, 6.45) is 0. The van der Waals surface area contributed by atoms with Crippen molar-refractivity contribution >= 4 is 11.0 Å². The molecule has 0 aliphatic rings. The molecule has 1 N–H and O–H groups in total. The number of fused-ring (bicyclic) bond motifs is 1. The highest BCUT2D eigenvalue weighted by molar-refractivity contribution is 5.90. The van der Waals surface area contributed by atoms with Crippen molar-refractivity contribution in [2.45, 2.75) is 26.4 Å². The standard InChI is InChI=1S/C15H21NO4/c1-9(2)16-8-10-6-11-12(20-10)7-13(17-3)15(19-5)14(11)18-4/h6-7,9,16H,8H2,1-5H3. The molecule has 0 fully saturated rings. The van der Waals surface area contributed by atoms with Crippen LogP contribution in [0, 0.1) is 0 Å². The van der Waals surface area contributed by atoms with E-state index in [0.29, 0.717) is 29.8 Å². The van der Waals surface area contributed by atoms with Crippen molar-refractivity contribution < 1.29 is 18.6 Å². The number of rotatable bonds is 6. The molecular weight excluding hydrogens is 258 g/mol. The minimum absolute atomic E-state index is 0.397. The Balaban J connectivity index is 2.49. The third-order valence-corrected chi connectivity index (χ3v) is 3.06. The van der Waals surface area contributed by atoms with Crippen molar-refractivity contribution in [1.82, 2.24) is 5.32 Å². The van der Waals surface area contributed by atoms with Crippen LogP contribution in [-0.4, -0.2) is 27.4 Å². The molecule has 0 amide bonds. The lowest BCUT2D eigenvalue weighted by atomic mass is 10.2. The molecule has 2 rings (SSSR count). The first kappa shape index (κ1) is 14.5. The summed E-state index contributed by atoms with van der Waals surface area (Å²) in [5.41, 5.74) is 0.722. The molecule has 0 saturated heterocycles. The van der Waals surface area contributed by atoms with E-state index in [0.717, 1.165) is 16.7 Å². The second-order valence-corrected chi connectivity index (χ2v) is 4.81. The lowest BCUT2D eigenvalue weighted by molar-refractivity contribution is 0.326. The summed E-state index contributed by atoms with van der Waals surface area (Å²) in [5, 5.41) is 4.20. The van der Waals surface area contributed by atoms with E-state index in [-0.39, 0.29) is 0 Å². The van der Waals surface area contributed by atoms with Gasteiger partial charge >= 0.3 is 0 Å². The molecule has 5 nitrogen and oxygen atoms in total. The van der Waals surface area contributed by atoms with Crippen LogP contribution in [0.15, 0.2) is 16.5 Å². The molecule has 0 unspecified atom stereocenters. The number of nitrogens with one attached hydrogen (secondary N) is 1. The lowest BCUT2D eigenvalue weighted by Crippen LogP contribution is -2.21. The predicted octanol–water partition coefficient (Wildman–Crippen LogP) is 2.96. The van der Waals surface area contributed by atoms with E-state index in [1.807, 2.05) is 12.1 Å². The zero-order chi connectivity index (χ0) is 14.7. The Hall–Kier alpha value is -1.88. The van der Waals surface area contributed by atoms with Crippen LogP contribution in [-0.2, 0) is 6.54 Å². The van der Waals surface area contributed by atoms with Gasteiger partial charge in [-0.2, -0.15) is 0 Å². The van der Waals surface area contributed by atoms with Crippen molar-refractivity contribution in [2.24, 2.45) is 0 Å². The van der Waals surface area contributed by atoms with Gasteiger partial charge < -0.3 is 23.9 Å². The average Bonchev–Trinajstić information content (AvgIpc) is 2.85. The van der Waals surface area contributed by atoms with E-state index in [9.17, 15) is 0 Å². The number of hydrogen-bond acceptors (Lipinski definition) is 5. The van der Waals surface area contributed by atoms with Gasteiger partial charge in [0.15, 0.2) is 11.5 Å². The summed E-state index contributed by atoms with van der Waals surface area (Å²) in [6, 6.07) is 4.18. The van der Waals surface area contributed by atoms with Crippen LogP contribution in [0.3, 0.4) is 0 Å². The van der Waals surface area contributed by atoms with Gasteiger partial charge in [-0.1, -0.05) is 13.8 Å². The van der Waals surface area contributed by atoms with Gasteiger partial charge in [-0.05, 0) is 6.07 Å². The van der Waals surface area contributed by atoms with Crippen molar-refractivity contribution in [2.75, 3.05) is 21.3 Å². The molecule has 0 saturated carbocycles. The van der Waals surface area contributed by atoms with Crippen LogP contribution < -0.4 is 19.5 Å². The highest BCUT2D eigenvalue weighted by atomic mass is 16.5. The zero-order valence-electron chi connectivity index (χ0n) is 12.6. The predicted molar refractivity (Wildman–Crippen MR) is 77.8 cm³/mol. The van der Waals surface area contributed by atoms with Gasteiger partial charge in [-0.3, -0.25) is 0 Å². The smallest absolute Gasteiger partial charge is 0.204 e. The van der Waals surface area contributed by atoms with E-state index in [1.54, 1.807) is 21.3 Å². The Morgan fingerprint density at radius 3 is 2.30 bits per heavy atom. The Kier molecular flexibility index (Phi) is 4.39. The first-order valence-electron chi connectivity index (χ1n) is 6.55. The normalized spacial score (nSPS) is 11.1. The minimum atomic E-state index is 0.397. The molecule has 0 atom stereocenters. The lowest BCUT2D eigenvalue weighted by Gasteiger charge is -2.12. The fraction of sp³-hybridized carbons (Fsp3) is 0.467. The first-order valence-corrected chi connectivity index (χ1v) is 6.55. The first-order chi connectivity index (χ1) is 9.60. The van der Waals surface area contributed by atoms with Gasteiger partial charge in [-0.15, -0.1) is 0 Å². The largest absolute Gasteiger partial charge is 0.493 e. The highest BCUT2D eigenvalue weighted by Crippen LogP contribution is 2.44. The highest BCUT2D eigenvalue weighted by Gasteiger charge is 2.19. The van der Waals surface area contributed by atoms with Gasteiger partial charge in [0.25, 0.3) is 0 Å². The third-order valence-electron chi connectivity index (χ3n) is 3.06. The number of furan rings is 1. The third kappa shape index (κ3) is 2.67. The van der Waals surface area contributed by atoms with Gasteiger partial charge in [0.05, 0.1) is 33.3 Å². The molecule has 20 heavy (non-hydrogen) atoms. The molecule has 110 valence electrons. The van der Waals surface area contributed by atoms with E-state index in [2.05, 4.69) is 19.2 Å². The van der Waals surface area contributed by atoms with Crippen LogP contribution >= 0.6 is 0 Å². The minimum Gasteiger partial charge on any atom is -0.493 e. The van der Waals surface area contributed by atoms with Crippen molar-refractivity contribution in [3.05, 3.63) is 17.9 Å². The number of ether oxygens (including phenoxy) is 3. The van der Waals surface area contributed by atoms with Crippen LogP contribution in [0.5, 0.6) is 17.2 Å². The molecule has 0 spiro atoms. The second-order valence-electron chi connectivity index (χ2n) is 4.81. The van der Waals surface area contributed by atoms with Crippen molar-refractivity contribution in [1.29, 1.82) is 0 Å². The SMILES string of the molecule is COc1cc2oc(CNC(C)C)cc2c(OC)c1OC. The van der Waals surface area contributed by atoms with Crippen LogP contribution in [0.25, 0.3) is 11.0 Å². The van der Waals surface area contributed by atoms with Crippen molar-refractivity contribution in [3.63, 3.8) is 0 Å². The summed E-state index contributed by atoms with van der Waals surface area (Å²) in [6.45, 7) is 4.85. The molecule has 5 heteroatoms. The summed E-state index contributed by atoms with van der Waals surface area (Å²) < 4.78 is 22.0. The molecule has 0 bridgehead atoms. The number of methoxy groups -OCH3 is 3. The van der Waals surface area contributed by atoms with E-state index in [1.165, 1.54) is 0 Å². The average molecular weight is 279 g/mol.